The van der Waals surface area contributed by atoms with Gasteiger partial charge in [-0.1, -0.05) is 17.7 Å². The van der Waals surface area contributed by atoms with Crippen molar-refractivity contribution in [1.29, 1.82) is 0 Å². The Morgan fingerprint density at radius 2 is 1.93 bits per heavy atom. The molecule has 4 heteroatoms. The first-order valence-corrected chi connectivity index (χ1v) is 10.5. The number of piperazine rings is 1. The SMILES string of the molecule is CC(C)=CCOc1ccc(/C=C2/CN(C)C3CN2C2(CCC(=O)CC2)C3)cc1. The molecule has 1 spiro atoms. The zero-order valence-corrected chi connectivity index (χ0v) is 17.4. The fraction of sp³-hybridized carbons (Fsp3) is 0.542. The van der Waals surface area contributed by atoms with Gasteiger partial charge in [-0.05, 0) is 70.0 Å². The zero-order chi connectivity index (χ0) is 19.7. The van der Waals surface area contributed by atoms with E-state index in [1.54, 1.807) is 0 Å². The van der Waals surface area contributed by atoms with E-state index in [2.05, 4.69) is 67.1 Å². The van der Waals surface area contributed by atoms with Gasteiger partial charge in [-0.25, -0.2) is 0 Å². The molecule has 1 aromatic carbocycles. The highest BCUT2D eigenvalue weighted by atomic mass is 16.5. The summed E-state index contributed by atoms with van der Waals surface area (Å²) in [4.78, 5) is 17.0. The maximum Gasteiger partial charge on any atom is 0.133 e. The van der Waals surface area contributed by atoms with Gasteiger partial charge in [0, 0.05) is 43.2 Å². The quantitative estimate of drug-likeness (QED) is 0.730. The summed E-state index contributed by atoms with van der Waals surface area (Å²) in [5.41, 5.74) is 4.07. The van der Waals surface area contributed by atoms with Crippen LogP contribution in [0.15, 0.2) is 41.6 Å². The number of hydrogen-bond acceptors (Lipinski definition) is 4. The summed E-state index contributed by atoms with van der Waals surface area (Å²) in [6, 6.07) is 9.02. The standard InChI is InChI=1S/C24H32N2O2/c1-18(2)10-13-28-23-6-4-19(5-7-23)14-20-16-25(3)21-15-24(26(20)17-21)11-8-22(27)9-12-24/h4-7,10,14,21H,8-9,11-13,15-17H2,1-3H3/b20-14-. The normalized spacial score (nSPS) is 25.4. The first-order valence-electron chi connectivity index (χ1n) is 10.5. The van der Waals surface area contributed by atoms with Crippen molar-refractivity contribution >= 4 is 11.9 Å². The molecule has 0 radical (unpaired) electrons. The van der Waals surface area contributed by atoms with E-state index in [-0.39, 0.29) is 5.54 Å². The van der Waals surface area contributed by atoms with Crippen LogP contribution < -0.4 is 4.74 Å². The predicted octanol–water partition coefficient (Wildman–Crippen LogP) is 4.27. The van der Waals surface area contributed by atoms with E-state index in [4.69, 9.17) is 4.74 Å². The molecule has 1 aliphatic carbocycles. The van der Waals surface area contributed by atoms with Gasteiger partial charge in [0.15, 0.2) is 0 Å². The topological polar surface area (TPSA) is 32.8 Å². The second kappa shape index (κ2) is 7.75. The summed E-state index contributed by atoms with van der Waals surface area (Å²) in [5.74, 6) is 1.35. The largest absolute Gasteiger partial charge is 0.490 e. The first-order chi connectivity index (χ1) is 13.4. The van der Waals surface area contributed by atoms with Crippen molar-refractivity contribution in [2.75, 3.05) is 26.7 Å². The maximum absolute atomic E-state index is 11.8. The lowest BCUT2D eigenvalue weighted by atomic mass is 9.78. The van der Waals surface area contributed by atoms with E-state index < -0.39 is 0 Å². The van der Waals surface area contributed by atoms with Gasteiger partial charge < -0.3 is 9.64 Å². The number of benzene rings is 1. The number of ether oxygens (including phenoxy) is 1. The summed E-state index contributed by atoms with van der Waals surface area (Å²) in [7, 11) is 2.24. The number of rotatable bonds is 4. The number of fused-ring (bicyclic) bond motifs is 3. The molecule has 0 aromatic heterocycles. The van der Waals surface area contributed by atoms with Crippen molar-refractivity contribution in [2.45, 2.75) is 57.5 Å². The van der Waals surface area contributed by atoms with Crippen LogP contribution >= 0.6 is 0 Å². The van der Waals surface area contributed by atoms with Crippen molar-refractivity contribution in [1.82, 2.24) is 9.80 Å². The van der Waals surface area contributed by atoms with Gasteiger partial charge >= 0.3 is 0 Å². The number of ketones is 1. The Balaban J connectivity index is 1.51. The summed E-state index contributed by atoms with van der Waals surface area (Å²) in [6.45, 7) is 6.86. The van der Waals surface area contributed by atoms with Crippen LogP contribution in [-0.2, 0) is 4.79 Å². The fourth-order valence-electron chi connectivity index (χ4n) is 4.95. The molecule has 1 atom stereocenters. The highest BCUT2D eigenvalue weighted by Gasteiger charge is 2.51. The van der Waals surface area contributed by atoms with Crippen LogP contribution in [0.4, 0.5) is 0 Å². The lowest BCUT2D eigenvalue weighted by molar-refractivity contribution is -0.122. The Hall–Kier alpha value is -2.07. The third-order valence-electron chi connectivity index (χ3n) is 6.66. The number of carbonyl (C=O) groups is 1. The van der Waals surface area contributed by atoms with Gasteiger partial charge in [0.1, 0.15) is 18.1 Å². The molecular formula is C24H32N2O2. The Bertz CT molecular complexity index is 779. The number of carbonyl (C=O) groups excluding carboxylic acids is 1. The average Bonchev–Trinajstić information content (AvgIpc) is 2.99. The van der Waals surface area contributed by atoms with E-state index in [0.29, 0.717) is 18.4 Å². The van der Waals surface area contributed by atoms with Crippen LogP contribution in [0, 0.1) is 0 Å². The van der Waals surface area contributed by atoms with Crippen LogP contribution in [0.2, 0.25) is 0 Å². The molecule has 3 aliphatic rings. The molecule has 0 amide bonds. The zero-order valence-electron chi connectivity index (χ0n) is 17.4. The van der Waals surface area contributed by atoms with E-state index >= 15 is 0 Å². The molecule has 4 nitrogen and oxygen atoms in total. The van der Waals surface area contributed by atoms with E-state index in [9.17, 15) is 4.79 Å². The molecule has 2 saturated heterocycles. The monoisotopic (exact) mass is 380 g/mol. The van der Waals surface area contributed by atoms with Crippen molar-refractivity contribution in [2.24, 2.45) is 0 Å². The van der Waals surface area contributed by atoms with Gasteiger partial charge in [-0.15, -0.1) is 0 Å². The number of hydrogen-bond donors (Lipinski definition) is 0. The van der Waals surface area contributed by atoms with Crippen LogP contribution in [0.25, 0.3) is 6.08 Å². The van der Waals surface area contributed by atoms with Gasteiger partial charge in [-0.2, -0.15) is 0 Å². The first kappa shape index (κ1) is 19.3. The number of nitrogens with zero attached hydrogens (tertiary/aromatic N) is 2. The van der Waals surface area contributed by atoms with E-state index in [0.717, 1.165) is 44.5 Å². The van der Waals surface area contributed by atoms with Gasteiger partial charge in [0.2, 0.25) is 0 Å². The fourth-order valence-corrected chi connectivity index (χ4v) is 4.95. The van der Waals surface area contributed by atoms with Crippen molar-refractivity contribution in [3.05, 3.63) is 47.2 Å². The van der Waals surface area contributed by atoms with Crippen molar-refractivity contribution in [3.8, 4) is 5.75 Å². The van der Waals surface area contributed by atoms with Gasteiger partial charge in [0.25, 0.3) is 0 Å². The number of allylic oxidation sites excluding steroid dienone is 1. The van der Waals surface area contributed by atoms with E-state index in [1.807, 2.05) is 0 Å². The maximum atomic E-state index is 11.8. The third-order valence-corrected chi connectivity index (χ3v) is 6.66. The van der Waals surface area contributed by atoms with Gasteiger partial charge in [-0.3, -0.25) is 9.69 Å². The Labute approximate surface area is 168 Å². The lowest BCUT2D eigenvalue weighted by Crippen LogP contribution is -2.49. The summed E-state index contributed by atoms with van der Waals surface area (Å²) in [5, 5.41) is 0. The molecule has 4 rings (SSSR count). The minimum Gasteiger partial charge on any atom is -0.490 e. The summed E-state index contributed by atoms with van der Waals surface area (Å²) < 4.78 is 5.78. The van der Waals surface area contributed by atoms with Crippen LogP contribution in [0.1, 0.15) is 51.5 Å². The summed E-state index contributed by atoms with van der Waals surface area (Å²) >= 11 is 0. The minimum absolute atomic E-state index is 0.197. The lowest BCUT2D eigenvalue weighted by Gasteiger charge is -2.44. The van der Waals surface area contributed by atoms with Crippen LogP contribution in [0.3, 0.4) is 0 Å². The highest BCUT2D eigenvalue weighted by Crippen LogP contribution is 2.46. The summed E-state index contributed by atoms with van der Waals surface area (Å²) in [6.07, 6.45) is 9.15. The predicted molar refractivity (Wildman–Crippen MR) is 113 cm³/mol. The molecule has 150 valence electrons. The van der Waals surface area contributed by atoms with Crippen LogP contribution in [-0.4, -0.2) is 53.9 Å². The molecule has 2 bridgehead atoms. The van der Waals surface area contributed by atoms with Gasteiger partial charge in [0.05, 0.1) is 0 Å². The third kappa shape index (κ3) is 3.88. The van der Waals surface area contributed by atoms with Crippen molar-refractivity contribution in [3.63, 3.8) is 0 Å². The minimum atomic E-state index is 0.197. The van der Waals surface area contributed by atoms with Crippen LogP contribution in [0.5, 0.6) is 5.75 Å². The average molecular weight is 381 g/mol. The number of likely N-dealkylation sites (N-methyl/N-ethyl adjacent to an activating group) is 1. The Morgan fingerprint density at radius 3 is 2.61 bits per heavy atom. The highest BCUT2D eigenvalue weighted by molar-refractivity contribution is 5.79. The molecule has 1 aromatic rings. The second-order valence-electron chi connectivity index (χ2n) is 8.94. The van der Waals surface area contributed by atoms with Crippen molar-refractivity contribution < 1.29 is 9.53 Å². The number of Topliss-reactive ketones (excluding diaryl/α,β-unsaturated/α-hetero) is 1. The molecule has 0 N–H and O–H groups in total. The molecule has 2 aliphatic heterocycles. The molecular weight excluding hydrogens is 348 g/mol. The smallest absolute Gasteiger partial charge is 0.133 e. The molecule has 1 saturated carbocycles. The molecule has 1 unspecified atom stereocenters. The Kier molecular flexibility index (Phi) is 5.33. The van der Waals surface area contributed by atoms with E-state index in [1.165, 1.54) is 23.3 Å². The Morgan fingerprint density at radius 1 is 1.21 bits per heavy atom. The molecule has 3 fully saturated rings. The molecule has 2 heterocycles. The molecule has 28 heavy (non-hydrogen) atoms. The second-order valence-corrected chi connectivity index (χ2v) is 8.94.